The number of hydrogen-bond acceptors (Lipinski definition) is 3. The van der Waals surface area contributed by atoms with Crippen LogP contribution in [0.2, 0.25) is 0 Å². The van der Waals surface area contributed by atoms with Crippen LogP contribution in [0.15, 0.2) is 15.9 Å². The first-order chi connectivity index (χ1) is 8.08. The summed E-state index contributed by atoms with van der Waals surface area (Å²) in [4.78, 5) is 1.01. The van der Waals surface area contributed by atoms with Gasteiger partial charge in [-0.3, -0.25) is 0 Å². The average Bonchev–Trinajstić information content (AvgIpc) is 2.74. The van der Waals surface area contributed by atoms with Crippen LogP contribution in [0, 0.1) is 0 Å². The molecule has 1 saturated heterocycles. The Balaban J connectivity index is 1.92. The fourth-order valence-electron chi connectivity index (χ4n) is 1.81. The van der Waals surface area contributed by atoms with Gasteiger partial charge in [0.05, 0.1) is 0 Å². The molecule has 0 radical (unpaired) electrons. The largest absolute Gasteiger partial charge is 0.279 e. The Kier molecular flexibility index (Phi) is 4.59. The van der Waals surface area contributed by atoms with E-state index in [1.165, 1.54) is 0 Å². The fourth-order valence-corrected chi connectivity index (χ4v) is 4.55. The minimum absolute atomic E-state index is 0.370. The van der Waals surface area contributed by atoms with Crippen LogP contribution in [0.25, 0.3) is 0 Å². The summed E-state index contributed by atoms with van der Waals surface area (Å²) in [6.45, 7) is 1.65. The van der Waals surface area contributed by atoms with Crippen LogP contribution >= 0.6 is 27.3 Å². The lowest BCUT2D eigenvalue weighted by Gasteiger charge is -2.25. The Bertz CT molecular complexity index is 466. The van der Waals surface area contributed by atoms with Gasteiger partial charge in [0.25, 0.3) is 10.2 Å². The topological polar surface area (TPSA) is 49.4 Å². The van der Waals surface area contributed by atoms with Gasteiger partial charge in [0.1, 0.15) is 0 Å². The van der Waals surface area contributed by atoms with Crippen LogP contribution in [-0.2, 0) is 16.8 Å². The minimum atomic E-state index is -3.30. The summed E-state index contributed by atoms with van der Waals surface area (Å²) in [5, 5.41) is 1.95. The third-order valence-corrected chi connectivity index (χ3v) is 5.96. The number of nitrogens with zero attached hydrogens (tertiary/aromatic N) is 1. The molecule has 1 N–H and O–H groups in total. The SMILES string of the molecule is O=S(=O)(NCc1cc(Br)cs1)N1CCCCC1. The smallest absolute Gasteiger partial charge is 0.197 e. The van der Waals surface area contributed by atoms with Gasteiger partial charge < -0.3 is 0 Å². The molecule has 2 rings (SSSR count). The Morgan fingerprint density at radius 3 is 2.65 bits per heavy atom. The highest BCUT2D eigenvalue weighted by atomic mass is 79.9. The molecule has 96 valence electrons. The first-order valence-electron chi connectivity index (χ1n) is 5.55. The molecule has 4 nitrogen and oxygen atoms in total. The zero-order valence-corrected chi connectivity index (χ0v) is 12.6. The molecule has 7 heteroatoms. The molecule has 1 aliphatic heterocycles. The second-order valence-electron chi connectivity index (χ2n) is 4.02. The maximum atomic E-state index is 12.0. The van der Waals surface area contributed by atoms with Gasteiger partial charge in [-0.25, -0.2) is 0 Å². The summed E-state index contributed by atoms with van der Waals surface area (Å²) in [7, 11) is -3.30. The van der Waals surface area contributed by atoms with Crippen LogP contribution in [0.5, 0.6) is 0 Å². The van der Waals surface area contributed by atoms with E-state index in [9.17, 15) is 8.42 Å². The van der Waals surface area contributed by atoms with Crippen molar-refractivity contribution in [1.29, 1.82) is 0 Å². The molecule has 0 amide bonds. The van der Waals surface area contributed by atoms with Crippen molar-refractivity contribution in [2.45, 2.75) is 25.8 Å². The number of piperidine rings is 1. The standard InChI is InChI=1S/C10H15BrN2O2S2/c11-9-6-10(16-8-9)7-12-17(14,15)13-4-2-1-3-5-13/h6,8,12H,1-5,7H2. The first kappa shape index (κ1) is 13.5. The molecule has 0 aliphatic carbocycles. The van der Waals surface area contributed by atoms with E-state index in [4.69, 9.17) is 0 Å². The number of halogens is 1. The molecule has 17 heavy (non-hydrogen) atoms. The van der Waals surface area contributed by atoms with E-state index in [0.717, 1.165) is 28.6 Å². The normalized spacial score (nSPS) is 18.4. The molecular formula is C10H15BrN2O2S2. The fraction of sp³-hybridized carbons (Fsp3) is 0.600. The van der Waals surface area contributed by atoms with Crippen LogP contribution in [0.4, 0.5) is 0 Å². The van der Waals surface area contributed by atoms with Crippen molar-refractivity contribution in [1.82, 2.24) is 9.03 Å². The summed E-state index contributed by atoms with van der Waals surface area (Å²) < 4.78 is 29.1. The predicted molar refractivity (Wildman–Crippen MR) is 73.2 cm³/mol. The Hall–Kier alpha value is 0.0500. The van der Waals surface area contributed by atoms with Crippen LogP contribution in [-0.4, -0.2) is 25.8 Å². The Morgan fingerprint density at radius 2 is 2.06 bits per heavy atom. The van der Waals surface area contributed by atoms with E-state index in [-0.39, 0.29) is 0 Å². The summed E-state index contributed by atoms with van der Waals surface area (Å²) in [6.07, 6.45) is 3.06. The molecule has 0 unspecified atom stereocenters. The van der Waals surface area contributed by atoms with Crippen LogP contribution in [0.1, 0.15) is 24.1 Å². The molecule has 0 aromatic carbocycles. The molecule has 1 aromatic heterocycles. The van der Waals surface area contributed by atoms with E-state index in [1.807, 2.05) is 11.4 Å². The van der Waals surface area contributed by atoms with Crippen molar-refractivity contribution in [3.05, 3.63) is 20.8 Å². The molecular weight excluding hydrogens is 324 g/mol. The molecule has 2 heterocycles. The zero-order chi connectivity index (χ0) is 12.3. The van der Waals surface area contributed by atoms with E-state index in [0.29, 0.717) is 19.6 Å². The first-order valence-corrected chi connectivity index (χ1v) is 8.67. The lowest BCUT2D eigenvalue weighted by molar-refractivity contribution is 0.341. The van der Waals surface area contributed by atoms with Gasteiger partial charge in [0.2, 0.25) is 0 Å². The molecule has 1 aromatic rings. The van der Waals surface area contributed by atoms with E-state index in [1.54, 1.807) is 15.6 Å². The van der Waals surface area contributed by atoms with Crippen molar-refractivity contribution in [2.24, 2.45) is 0 Å². The highest BCUT2D eigenvalue weighted by Crippen LogP contribution is 2.20. The van der Waals surface area contributed by atoms with Gasteiger partial charge >= 0.3 is 0 Å². The Labute approximate surface area is 114 Å². The van der Waals surface area contributed by atoms with E-state index < -0.39 is 10.2 Å². The second-order valence-corrected chi connectivity index (χ2v) is 7.68. The number of rotatable bonds is 4. The second kappa shape index (κ2) is 5.79. The van der Waals surface area contributed by atoms with Crippen LogP contribution < -0.4 is 4.72 Å². The maximum absolute atomic E-state index is 12.0. The van der Waals surface area contributed by atoms with E-state index >= 15 is 0 Å². The number of hydrogen-bond donors (Lipinski definition) is 1. The Morgan fingerprint density at radius 1 is 1.35 bits per heavy atom. The third-order valence-electron chi connectivity index (χ3n) is 2.71. The number of thiophene rings is 1. The van der Waals surface area contributed by atoms with Crippen LogP contribution in [0.3, 0.4) is 0 Å². The summed E-state index contributed by atoms with van der Waals surface area (Å²) in [5.74, 6) is 0. The minimum Gasteiger partial charge on any atom is -0.197 e. The van der Waals surface area contributed by atoms with Gasteiger partial charge in [-0.15, -0.1) is 11.3 Å². The number of nitrogens with one attached hydrogen (secondary N) is 1. The average molecular weight is 339 g/mol. The molecule has 0 spiro atoms. The molecule has 0 bridgehead atoms. The van der Waals surface area contributed by atoms with Crippen molar-refractivity contribution in [2.75, 3.05) is 13.1 Å². The quantitative estimate of drug-likeness (QED) is 0.915. The third kappa shape index (κ3) is 3.75. The molecule has 0 saturated carbocycles. The van der Waals surface area contributed by atoms with Gasteiger partial charge in [-0.1, -0.05) is 6.42 Å². The van der Waals surface area contributed by atoms with Crippen molar-refractivity contribution < 1.29 is 8.42 Å². The van der Waals surface area contributed by atoms with E-state index in [2.05, 4.69) is 20.7 Å². The molecule has 1 aliphatic rings. The van der Waals surface area contributed by atoms with Gasteiger partial charge in [-0.05, 0) is 34.8 Å². The van der Waals surface area contributed by atoms with Gasteiger partial charge in [-0.2, -0.15) is 17.4 Å². The van der Waals surface area contributed by atoms with Gasteiger partial charge in [0.15, 0.2) is 0 Å². The summed E-state index contributed by atoms with van der Waals surface area (Å²) in [5.41, 5.74) is 0. The molecule has 1 fully saturated rings. The zero-order valence-electron chi connectivity index (χ0n) is 9.36. The van der Waals surface area contributed by atoms with Crippen molar-refractivity contribution in [3.63, 3.8) is 0 Å². The maximum Gasteiger partial charge on any atom is 0.279 e. The van der Waals surface area contributed by atoms with Crippen molar-refractivity contribution in [3.8, 4) is 0 Å². The van der Waals surface area contributed by atoms with Gasteiger partial charge in [0, 0.05) is 34.4 Å². The molecule has 0 atom stereocenters. The predicted octanol–water partition coefficient (Wildman–Crippen LogP) is 2.33. The van der Waals surface area contributed by atoms with Crippen molar-refractivity contribution >= 4 is 37.5 Å². The monoisotopic (exact) mass is 338 g/mol. The highest BCUT2D eigenvalue weighted by molar-refractivity contribution is 9.10. The highest BCUT2D eigenvalue weighted by Gasteiger charge is 2.23. The lowest BCUT2D eigenvalue weighted by atomic mass is 10.2. The lowest BCUT2D eigenvalue weighted by Crippen LogP contribution is -2.43. The summed E-state index contributed by atoms with van der Waals surface area (Å²) >= 11 is 4.90. The summed E-state index contributed by atoms with van der Waals surface area (Å²) in [6, 6.07) is 1.93.